The Hall–Kier alpha value is -0.550. The number of para-hydroxylation sites is 1. The van der Waals surface area contributed by atoms with Crippen LogP contribution in [0.5, 0.6) is 5.75 Å². The van der Waals surface area contributed by atoms with Crippen LogP contribution >= 0.6 is 31.9 Å². The van der Waals surface area contributed by atoms with Gasteiger partial charge >= 0.3 is 0 Å². The zero-order valence-electron chi connectivity index (χ0n) is 11.6. The van der Waals surface area contributed by atoms with Crippen molar-refractivity contribution in [3.8, 4) is 5.75 Å². The molecule has 0 aliphatic carbocycles. The van der Waals surface area contributed by atoms with Crippen molar-refractivity contribution in [2.24, 2.45) is 0 Å². The molecule has 0 N–H and O–H groups in total. The second-order valence-corrected chi connectivity index (χ2v) is 6.54. The van der Waals surface area contributed by atoms with E-state index in [2.05, 4.69) is 31.9 Å². The van der Waals surface area contributed by atoms with Crippen molar-refractivity contribution in [3.63, 3.8) is 0 Å². The lowest BCUT2D eigenvalue weighted by molar-refractivity contribution is -0.137. The molecule has 0 aliphatic rings. The Morgan fingerprint density at radius 2 is 1.63 bits per heavy atom. The quantitative estimate of drug-likeness (QED) is 0.750. The fourth-order valence-electron chi connectivity index (χ4n) is 2.00. The second-order valence-electron chi connectivity index (χ2n) is 4.83. The van der Waals surface area contributed by atoms with Crippen LogP contribution in [0, 0.1) is 0 Å². The largest absolute Gasteiger partial charge is 0.481 e. The van der Waals surface area contributed by atoms with Crippen molar-refractivity contribution in [2.45, 2.75) is 39.8 Å². The second kappa shape index (κ2) is 7.29. The highest BCUT2D eigenvalue weighted by atomic mass is 79.9. The topological polar surface area (TPSA) is 29.5 Å². The molecule has 1 aromatic carbocycles. The van der Waals surface area contributed by atoms with Crippen LogP contribution in [0.25, 0.3) is 0 Å². The van der Waals surface area contributed by atoms with Crippen molar-refractivity contribution >= 4 is 37.8 Å². The van der Waals surface area contributed by atoms with E-state index in [0.717, 1.165) is 8.95 Å². The van der Waals surface area contributed by atoms with E-state index >= 15 is 0 Å². The summed E-state index contributed by atoms with van der Waals surface area (Å²) in [7, 11) is 0. The Labute approximate surface area is 131 Å². The first-order chi connectivity index (χ1) is 8.84. The van der Waals surface area contributed by atoms with Crippen LogP contribution in [0.3, 0.4) is 0 Å². The van der Waals surface area contributed by atoms with Gasteiger partial charge < -0.3 is 9.64 Å². The number of hydrogen-bond acceptors (Lipinski definition) is 2. The molecule has 1 aromatic rings. The number of nitrogens with zero attached hydrogens (tertiary/aromatic N) is 1. The first kappa shape index (κ1) is 16.5. The molecule has 1 amide bonds. The number of halogens is 2. The molecule has 1 rings (SSSR count). The molecule has 0 saturated carbocycles. The zero-order valence-corrected chi connectivity index (χ0v) is 14.8. The smallest absolute Gasteiger partial charge is 0.260 e. The van der Waals surface area contributed by atoms with Gasteiger partial charge in [-0.3, -0.25) is 4.79 Å². The van der Waals surface area contributed by atoms with Gasteiger partial charge in [-0.15, -0.1) is 0 Å². The highest BCUT2D eigenvalue weighted by Gasteiger charge is 2.21. The maximum absolute atomic E-state index is 12.2. The van der Waals surface area contributed by atoms with Gasteiger partial charge in [0.05, 0.1) is 8.95 Å². The number of hydrogen-bond donors (Lipinski definition) is 0. The Morgan fingerprint density at radius 3 is 2.05 bits per heavy atom. The molecule has 106 valence electrons. The fourth-order valence-corrected chi connectivity index (χ4v) is 3.23. The van der Waals surface area contributed by atoms with Crippen molar-refractivity contribution in [1.29, 1.82) is 0 Å². The third-order valence-electron chi connectivity index (χ3n) is 2.66. The summed E-state index contributed by atoms with van der Waals surface area (Å²) in [5, 5.41) is 0. The summed E-state index contributed by atoms with van der Waals surface area (Å²) in [4.78, 5) is 14.0. The van der Waals surface area contributed by atoms with Crippen molar-refractivity contribution in [3.05, 3.63) is 27.1 Å². The molecule has 3 nitrogen and oxygen atoms in total. The summed E-state index contributed by atoms with van der Waals surface area (Å²) in [5.74, 6) is 0.649. The molecule has 19 heavy (non-hydrogen) atoms. The predicted molar refractivity (Wildman–Crippen MR) is 84.5 cm³/mol. The molecular formula is C14H19Br2NO2. The fraction of sp³-hybridized carbons (Fsp3) is 0.500. The number of amides is 1. The predicted octanol–water partition coefficient (Wildman–Crippen LogP) is 4.24. The molecule has 0 bridgehead atoms. The number of carbonyl (C=O) groups excluding carboxylic acids is 1. The van der Waals surface area contributed by atoms with Crippen LogP contribution < -0.4 is 4.74 Å². The number of benzene rings is 1. The van der Waals surface area contributed by atoms with Gasteiger partial charge in [-0.25, -0.2) is 0 Å². The van der Waals surface area contributed by atoms with Crippen LogP contribution in [0.1, 0.15) is 27.7 Å². The normalized spacial score (nSPS) is 10.9. The van der Waals surface area contributed by atoms with E-state index in [-0.39, 0.29) is 24.6 Å². The molecule has 0 spiro atoms. The third-order valence-corrected chi connectivity index (χ3v) is 3.91. The third kappa shape index (κ3) is 4.49. The minimum atomic E-state index is -0.00680. The Balaban J connectivity index is 2.73. The van der Waals surface area contributed by atoms with Gasteiger partial charge in [-0.05, 0) is 71.7 Å². The highest BCUT2D eigenvalue weighted by Crippen LogP contribution is 2.32. The van der Waals surface area contributed by atoms with Crippen molar-refractivity contribution in [2.75, 3.05) is 6.61 Å². The van der Waals surface area contributed by atoms with Gasteiger partial charge in [0.2, 0.25) is 0 Å². The van der Waals surface area contributed by atoms with Crippen molar-refractivity contribution in [1.82, 2.24) is 4.90 Å². The van der Waals surface area contributed by atoms with Gasteiger partial charge in [0.25, 0.3) is 5.91 Å². The van der Waals surface area contributed by atoms with Crippen LogP contribution in [-0.4, -0.2) is 29.5 Å². The minimum absolute atomic E-state index is 0.00680. The summed E-state index contributed by atoms with van der Waals surface area (Å²) in [5.41, 5.74) is 0. The first-order valence-corrected chi connectivity index (χ1v) is 7.81. The van der Waals surface area contributed by atoms with Gasteiger partial charge in [0.1, 0.15) is 5.75 Å². The molecule has 0 saturated heterocycles. The Kier molecular flexibility index (Phi) is 6.33. The SMILES string of the molecule is CC(C)N(C(=O)COc1c(Br)cccc1Br)C(C)C. The lowest BCUT2D eigenvalue weighted by Gasteiger charge is -2.30. The van der Waals surface area contributed by atoms with Gasteiger partial charge in [0.15, 0.2) is 6.61 Å². The van der Waals surface area contributed by atoms with Crippen LogP contribution in [0.4, 0.5) is 0 Å². The zero-order chi connectivity index (χ0) is 14.6. The van der Waals surface area contributed by atoms with E-state index in [1.165, 1.54) is 0 Å². The van der Waals surface area contributed by atoms with E-state index in [0.29, 0.717) is 5.75 Å². The van der Waals surface area contributed by atoms with Crippen LogP contribution in [0.15, 0.2) is 27.1 Å². The molecule has 0 aliphatic heterocycles. The van der Waals surface area contributed by atoms with Crippen LogP contribution in [0.2, 0.25) is 0 Å². The average Bonchev–Trinajstić information content (AvgIpc) is 2.27. The Bertz CT molecular complexity index is 419. The Morgan fingerprint density at radius 1 is 1.16 bits per heavy atom. The summed E-state index contributed by atoms with van der Waals surface area (Å²) >= 11 is 6.82. The summed E-state index contributed by atoms with van der Waals surface area (Å²) in [6, 6.07) is 6.00. The van der Waals surface area contributed by atoms with Gasteiger partial charge in [0, 0.05) is 12.1 Å². The maximum Gasteiger partial charge on any atom is 0.260 e. The first-order valence-electron chi connectivity index (χ1n) is 6.22. The monoisotopic (exact) mass is 391 g/mol. The van der Waals surface area contributed by atoms with E-state index in [9.17, 15) is 4.79 Å². The van der Waals surface area contributed by atoms with E-state index in [1.54, 1.807) is 0 Å². The standard InChI is InChI=1S/C14H19Br2NO2/c1-9(2)17(10(3)4)13(18)8-19-14-11(15)6-5-7-12(14)16/h5-7,9-10H,8H2,1-4H3. The molecule has 0 unspecified atom stereocenters. The van der Waals surface area contributed by atoms with E-state index in [1.807, 2.05) is 50.8 Å². The molecule has 0 fully saturated rings. The van der Waals surface area contributed by atoms with Gasteiger partial charge in [-0.2, -0.15) is 0 Å². The number of ether oxygens (including phenoxy) is 1. The lowest BCUT2D eigenvalue weighted by atomic mass is 10.2. The van der Waals surface area contributed by atoms with Crippen LogP contribution in [-0.2, 0) is 4.79 Å². The molecule has 0 aromatic heterocycles. The summed E-state index contributed by atoms with van der Waals surface area (Å²) in [6.45, 7) is 8.06. The number of carbonyl (C=O) groups is 1. The number of rotatable bonds is 5. The van der Waals surface area contributed by atoms with Gasteiger partial charge in [-0.1, -0.05) is 6.07 Å². The molecule has 0 heterocycles. The molecule has 5 heteroatoms. The molecular weight excluding hydrogens is 374 g/mol. The molecule has 0 atom stereocenters. The summed E-state index contributed by atoms with van der Waals surface area (Å²) in [6.07, 6.45) is 0. The highest BCUT2D eigenvalue weighted by molar-refractivity contribution is 9.11. The minimum Gasteiger partial charge on any atom is -0.481 e. The van der Waals surface area contributed by atoms with E-state index < -0.39 is 0 Å². The maximum atomic E-state index is 12.2. The average molecular weight is 393 g/mol. The van der Waals surface area contributed by atoms with E-state index in [4.69, 9.17) is 4.74 Å². The summed E-state index contributed by atoms with van der Waals surface area (Å²) < 4.78 is 7.28. The van der Waals surface area contributed by atoms with Crippen molar-refractivity contribution < 1.29 is 9.53 Å². The molecule has 0 radical (unpaired) electrons. The lowest BCUT2D eigenvalue weighted by Crippen LogP contribution is -2.44.